The number of hydrogen-bond acceptors (Lipinski definition) is 7. The third-order valence-corrected chi connectivity index (χ3v) is 6.39. The zero-order valence-electron chi connectivity index (χ0n) is 20.4. The highest BCUT2D eigenvalue weighted by molar-refractivity contribution is 5.59. The maximum atomic E-state index is 13.7. The lowest BCUT2D eigenvalue weighted by Crippen LogP contribution is -2.49. The van der Waals surface area contributed by atoms with E-state index in [2.05, 4.69) is 38.9 Å². The minimum Gasteiger partial charge on any atom is -0.322 e. The van der Waals surface area contributed by atoms with Gasteiger partial charge in [-0.15, -0.1) is 0 Å². The molecule has 1 aliphatic rings. The van der Waals surface area contributed by atoms with E-state index >= 15 is 0 Å². The standard InChI is InChI=1S/C26H25F3N6O2/c1-16(2)33-8-10-34(11-9-33)26-30-25(32-37-26)18-5-3-4-17(12-18)15-35-23(36)7-6-22(31-35)19-13-20(27)24(29)21(28)14-19/h3-7,12-14,16H,8-11,15H2,1-2H3. The van der Waals surface area contributed by atoms with Gasteiger partial charge in [-0.3, -0.25) is 9.69 Å². The summed E-state index contributed by atoms with van der Waals surface area (Å²) in [7, 11) is 0. The van der Waals surface area contributed by atoms with Crippen molar-refractivity contribution in [3.05, 3.63) is 81.9 Å². The van der Waals surface area contributed by atoms with Crippen LogP contribution in [0.5, 0.6) is 0 Å². The van der Waals surface area contributed by atoms with Gasteiger partial charge in [0.15, 0.2) is 17.5 Å². The van der Waals surface area contributed by atoms with Gasteiger partial charge in [0.05, 0.1) is 12.2 Å². The van der Waals surface area contributed by atoms with Crippen LogP contribution in [0.1, 0.15) is 19.4 Å². The Kier molecular flexibility index (Phi) is 6.79. The maximum Gasteiger partial charge on any atom is 0.324 e. The Labute approximate surface area is 210 Å². The van der Waals surface area contributed by atoms with E-state index in [1.54, 1.807) is 0 Å². The van der Waals surface area contributed by atoms with Gasteiger partial charge in [-0.2, -0.15) is 10.1 Å². The van der Waals surface area contributed by atoms with Crippen LogP contribution in [0.4, 0.5) is 19.2 Å². The number of nitrogens with zero attached hydrogens (tertiary/aromatic N) is 6. The highest BCUT2D eigenvalue weighted by Crippen LogP contribution is 2.24. The van der Waals surface area contributed by atoms with Crippen molar-refractivity contribution < 1.29 is 17.7 Å². The molecule has 1 fully saturated rings. The molecule has 0 N–H and O–H groups in total. The van der Waals surface area contributed by atoms with E-state index in [9.17, 15) is 18.0 Å². The fourth-order valence-corrected chi connectivity index (χ4v) is 4.29. The van der Waals surface area contributed by atoms with Crippen LogP contribution in [-0.4, -0.2) is 57.0 Å². The SMILES string of the molecule is CC(C)N1CCN(c2nc(-c3cccc(Cn4nc(-c5cc(F)c(F)c(F)c5)ccc4=O)c3)no2)CC1. The van der Waals surface area contributed by atoms with Crippen LogP contribution in [-0.2, 0) is 6.54 Å². The summed E-state index contributed by atoms with van der Waals surface area (Å²) in [5.41, 5.74) is 1.19. The molecule has 0 saturated carbocycles. The van der Waals surface area contributed by atoms with E-state index in [-0.39, 0.29) is 17.8 Å². The Bertz CT molecular complexity index is 1450. The second-order valence-electron chi connectivity index (χ2n) is 9.19. The number of rotatable bonds is 6. The van der Waals surface area contributed by atoms with Crippen LogP contribution in [0.15, 0.2) is 57.8 Å². The van der Waals surface area contributed by atoms with Gasteiger partial charge in [0.25, 0.3) is 5.56 Å². The average molecular weight is 511 g/mol. The first-order valence-corrected chi connectivity index (χ1v) is 11.9. The Balaban J connectivity index is 1.35. The lowest BCUT2D eigenvalue weighted by atomic mass is 10.1. The highest BCUT2D eigenvalue weighted by Gasteiger charge is 2.23. The van der Waals surface area contributed by atoms with Crippen molar-refractivity contribution in [3.8, 4) is 22.6 Å². The fraction of sp³-hybridized carbons (Fsp3) is 0.308. The molecule has 0 unspecified atom stereocenters. The van der Waals surface area contributed by atoms with Crippen LogP contribution in [0.2, 0.25) is 0 Å². The lowest BCUT2D eigenvalue weighted by Gasteiger charge is -2.35. The average Bonchev–Trinajstić information content (AvgIpc) is 3.39. The first-order valence-electron chi connectivity index (χ1n) is 11.9. The molecular formula is C26H25F3N6O2. The molecule has 4 aromatic rings. The summed E-state index contributed by atoms with van der Waals surface area (Å²) in [6.07, 6.45) is 0. The highest BCUT2D eigenvalue weighted by atomic mass is 19.2. The molecular weight excluding hydrogens is 485 g/mol. The predicted octanol–water partition coefficient (Wildman–Crippen LogP) is 3.96. The largest absolute Gasteiger partial charge is 0.324 e. The number of anilines is 1. The number of hydrogen-bond donors (Lipinski definition) is 0. The topological polar surface area (TPSA) is 80.3 Å². The molecule has 2 aromatic carbocycles. The van der Waals surface area contributed by atoms with Gasteiger partial charge in [0.1, 0.15) is 0 Å². The van der Waals surface area contributed by atoms with E-state index in [1.165, 1.54) is 16.8 Å². The van der Waals surface area contributed by atoms with E-state index in [4.69, 9.17) is 4.52 Å². The maximum absolute atomic E-state index is 13.7. The van der Waals surface area contributed by atoms with Crippen LogP contribution in [0, 0.1) is 17.5 Å². The van der Waals surface area contributed by atoms with Gasteiger partial charge in [-0.25, -0.2) is 17.9 Å². The molecule has 37 heavy (non-hydrogen) atoms. The quantitative estimate of drug-likeness (QED) is 0.364. The summed E-state index contributed by atoms with van der Waals surface area (Å²) in [6, 6.07) is 12.5. The molecule has 8 nitrogen and oxygen atoms in total. The molecule has 0 aliphatic carbocycles. The molecule has 192 valence electrons. The van der Waals surface area contributed by atoms with Gasteiger partial charge < -0.3 is 9.42 Å². The summed E-state index contributed by atoms with van der Waals surface area (Å²) in [4.78, 5) is 21.5. The third kappa shape index (κ3) is 5.26. The second-order valence-corrected chi connectivity index (χ2v) is 9.19. The third-order valence-electron chi connectivity index (χ3n) is 6.39. The smallest absolute Gasteiger partial charge is 0.322 e. The molecule has 0 bridgehead atoms. The van der Waals surface area contributed by atoms with Crippen molar-refractivity contribution >= 4 is 6.01 Å². The second kappa shape index (κ2) is 10.2. The molecule has 0 amide bonds. The van der Waals surface area contributed by atoms with Gasteiger partial charge in [-0.1, -0.05) is 23.4 Å². The molecule has 5 rings (SSSR count). The number of piperazine rings is 1. The first-order chi connectivity index (χ1) is 17.8. The van der Waals surface area contributed by atoms with E-state index in [0.717, 1.165) is 43.9 Å². The number of halogens is 3. The summed E-state index contributed by atoms with van der Waals surface area (Å²) < 4.78 is 47.4. The van der Waals surface area contributed by atoms with E-state index < -0.39 is 23.0 Å². The summed E-state index contributed by atoms with van der Waals surface area (Å²) in [5, 5.41) is 8.36. The molecule has 0 spiro atoms. The van der Waals surface area contributed by atoms with Crippen molar-refractivity contribution in [1.29, 1.82) is 0 Å². The number of benzene rings is 2. The molecule has 11 heteroatoms. The van der Waals surface area contributed by atoms with Gasteiger partial charge >= 0.3 is 6.01 Å². The zero-order chi connectivity index (χ0) is 26.1. The van der Waals surface area contributed by atoms with E-state index in [1.807, 2.05) is 24.3 Å². The zero-order valence-corrected chi connectivity index (χ0v) is 20.4. The fourth-order valence-electron chi connectivity index (χ4n) is 4.29. The monoisotopic (exact) mass is 510 g/mol. The van der Waals surface area contributed by atoms with Crippen LogP contribution < -0.4 is 10.5 Å². The summed E-state index contributed by atoms with van der Waals surface area (Å²) >= 11 is 0. The van der Waals surface area contributed by atoms with Gasteiger partial charge in [0.2, 0.25) is 5.82 Å². The van der Waals surface area contributed by atoms with Crippen LogP contribution in [0.25, 0.3) is 22.6 Å². The lowest BCUT2D eigenvalue weighted by molar-refractivity contribution is 0.204. The van der Waals surface area contributed by atoms with Gasteiger partial charge in [0, 0.05) is 49.4 Å². The van der Waals surface area contributed by atoms with Crippen molar-refractivity contribution in [1.82, 2.24) is 24.8 Å². The molecule has 0 radical (unpaired) electrons. The van der Waals surface area contributed by atoms with Gasteiger partial charge in [-0.05, 0) is 43.7 Å². The normalized spacial score (nSPS) is 14.5. The summed E-state index contributed by atoms with van der Waals surface area (Å²) in [6.45, 7) is 7.88. The summed E-state index contributed by atoms with van der Waals surface area (Å²) in [5.74, 6) is -3.79. The van der Waals surface area contributed by atoms with Crippen molar-refractivity contribution in [2.24, 2.45) is 0 Å². The Hall–Kier alpha value is -3.99. The van der Waals surface area contributed by atoms with Crippen molar-refractivity contribution in [3.63, 3.8) is 0 Å². The van der Waals surface area contributed by atoms with Crippen molar-refractivity contribution in [2.45, 2.75) is 26.4 Å². The molecule has 1 aliphatic heterocycles. The molecule has 3 heterocycles. The molecule has 2 aromatic heterocycles. The Morgan fingerprint density at radius 1 is 0.946 bits per heavy atom. The molecule has 1 saturated heterocycles. The Morgan fingerprint density at radius 3 is 2.38 bits per heavy atom. The predicted molar refractivity (Wildman–Crippen MR) is 132 cm³/mol. The van der Waals surface area contributed by atoms with E-state index in [0.29, 0.717) is 23.4 Å². The Morgan fingerprint density at radius 2 is 1.68 bits per heavy atom. The van der Waals surface area contributed by atoms with Crippen LogP contribution >= 0.6 is 0 Å². The minimum atomic E-state index is -1.56. The molecule has 0 atom stereocenters. The van der Waals surface area contributed by atoms with Crippen molar-refractivity contribution in [2.75, 3.05) is 31.1 Å². The first kappa shape index (κ1) is 24.7. The van der Waals surface area contributed by atoms with Crippen LogP contribution in [0.3, 0.4) is 0 Å². The number of aromatic nitrogens is 4. The minimum absolute atomic E-state index is 0.0208.